The molecule has 0 saturated carbocycles. The third-order valence-corrected chi connectivity index (χ3v) is 9.13. The van der Waals surface area contributed by atoms with Crippen LogP contribution in [-0.2, 0) is 4.79 Å². The van der Waals surface area contributed by atoms with Crippen LogP contribution in [0.2, 0.25) is 0 Å². The lowest BCUT2D eigenvalue weighted by Crippen LogP contribution is -2.48. The normalized spacial score (nSPS) is 13.8. The standard InChI is InChI=1S/C39H77NO4/c1-3-5-7-9-11-13-15-17-18-19-20-22-24-26-28-30-32-34-38(43)39(44)40-36(35-41)37(42)33-31-29-27-25-23-21-16-14-12-10-8-6-4-2/h31,33,36-38,41-43H,3-30,32,34-35H2,1-2H3,(H,40,44)/b33-31+. The van der Waals surface area contributed by atoms with Crippen LogP contribution in [0.25, 0.3) is 0 Å². The summed E-state index contributed by atoms with van der Waals surface area (Å²) < 4.78 is 0. The van der Waals surface area contributed by atoms with Crippen molar-refractivity contribution in [2.45, 2.75) is 225 Å². The lowest BCUT2D eigenvalue weighted by atomic mass is 10.0. The third-order valence-electron chi connectivity index (χ3n) is 9.13. The van der Waals surface area contributed by atoms with Crippen LogP contribution < -0.4 is 5.32 Å². The average Bonchev–Trinajstić information content (AvgIpc) is 3.03. The van der Waals surface area contributed by atoms with Gasteiger partial charge in [0, 0.05) is 0 Å². The zero-order chi connectivity index (χ0) is 32.4. The molecule has 0 saturated heterocycles. The molecule has 262 valence electrons. The molecule has 0 rings (SSSR count). The van der Waals surface area contributed by atoms with Gasteiger partial charge in [0.05, 0.1) is 18.8 Å². The zero-order valence-corrected chi connectivity index (χ0v) is 29.6. The minimum Gasteiger partial charge on any atom is -0.394 e. The summed E-state index contributed by atoms with van der Waals surface area (Å²) in [5, 5.41) is 33.0. The number of amides is 1. The summed E-state index contributed by atoms with van der Waals surface area (Å²) >= 11 is 0. The third kappa shape index (κ3) is 29.8. The van der Waals surface area contributed by atoms with E-state index in [0.717, 1.165) is 32.1 Å². The van der Waals surface area contributed by atoms with E-state index in [4.69, 9.17) is 0 Å². The number of hydrogen-bond donors (Lipinski definition) is 4. The van der Waals surface area contributed by atoms with Crippen LogP contribution in [0.15, 0.2) is 12.2 Å². The second kappa shape index (κ2) is 35.0. The number of allylic oxidation sites excluding steroid dienone is 1. The number of carbonyl (C=O) groups excluding carboxylic acids is 1. The van der Waals surface area contributed by atoms with Gasteiger partial charge in [-0.2, -0.15) is 0 Å². The number of carbonyl (C=O) groups is 1. The van der Waals surface area contributed by atoms with E-state index in [1.54, 1.807) is 6.08 Å². The summed E-state index contributed by atoms with van der Waals surface area (Å²) in [7, 11) is 0. The molecule has 0 aromatic rings. The van der Waals surface area contributed by atoms with Gasteiger partial charge >= 0.3 is 0 Å². The molecule has 0 spiro atoms. The molecule has 0 heterocycles. The number of nitrogens with one attached hydrogen (secondary N) is 1. The van der Waals surface area contributed by atoms with Crippen LogP contribution in [-0.4, -0.2) is 46.1 Å². The van der Waals surface area contributed by atoms with E-state index in [-0.39, 0.29) is 6.61 Å². The van der Waals surface area contributed by atoms with Crippen LogP contribution in [0.4, 0.5) is 0 Å². The molecule has 0 radical (unpaired) electrons. The van der Waals surface area contributed by atoms with Crippen molar-refractivity contribution < 1.29 is 20.1 Å². The van der Waals surface area contributed by atoms with E-state index in [9.17, 15) is 20.1 Å². The van der Waals surface area contributed by atoms with Crippen molar-refractivity contribution in [3.05, 3.63) is 12.2 Å². The molecule has 3 unspecified atom stereocenters. The van der Waals surface area contributed by atoms with Crippen molar-refractivity contribution in [2.75, 3.05) is 6.61 Å². The fourth-order valence-electron chi connectivity index (χ4n) is 6.01. The Kier molecular flexibility index (Phi) is 34.2. The largest absolute Gasteiger partial charge is 0.394 e. The van der Waals surface area contributed by atoms with Gasteiger partial charge in [-0.25, -0.2) is 0 Å². The quantitative estimate of drug-likeness (QED) is 0.0418. The number of rotatable bonds is 35. The molecule has 44 heavy (non-hydrogen) atoms. The Balaban J connectivity index is 3.69. The molecular formula is C39H77NO4. The first-order valence-electron chi connectivity index (χ1n) is 19.5. The van der Waals surface area contributed by atoms with Gasteiger partial charge in [0.2, 0.25) is 5.91 Å². The molecule has 0 aromatic carbocycles. The van der Waals surface area contributed by atoms with E-state index in [1.165, 1.54) is 154 Å². The van der Waals surface area contributed by atoms with Gasteiger partial charge in [0.25, 0.3) is 0 Å². The Morgan fingerprint density at radius 3 is 1.25 bits per heavy atom. The maximum atomic E-state index is 12.4. The molecule has 0 aliphatic heterocycles. The predicted molar refractivity (Wildman–Crippen MR) is 190 cm³/mol. The second-order valence-corrected chi connectivity index (χ2v) is 13.5. The SMILES string of the molecule is CCCCCCCCCCCCC/C=C/C(O)C(CO)NC(=O)C(O)CCCCCCCCCCCCCCCCCCC. The molecule has 0 aliphatic rings. The Labute approximate surface area is 274 Å². The van der Waals surface area contributed by atoms with Gasteiger partial charge in [-0.05, 0) is 19.3 Å². The number of aliphatic hydroxyl groups excluding tert-OH is 3. The van der Waals surface area contributed by atoms with Crippen LogP contribution >= 0.6 is 0 Å². The first-order chi connectivity index (χ1) is 21.6. The number of unbranched alkanes of at least 4 members (excludes halogenated alkanes) is 27. The molecule has 0 fully saturated rings. The van der Waals surface area contributed by atoms with E-state index < -0.39 is 24.2 Å². The monoisotopic (exact) mass is 624 g/mol. The summed E-state index contributed by atoms with van der Waals surface area (Å²) in [6.07, 6.45) is 39.4. The summed E-state index contributed by atoms with van der Waals surface area (Å²) in [5.74, 6) is -0.502. The van der Waals surface area contributed by atoms with E-state index in [0.29, 0.717) is 6.42 Å². The highest BCUT2D eigenvalue weighted by atomic mass is 16.3. The summed E-state index contributed by atoms with van der Waals surface area (Å²) in [6.45, 7) is 4.17. The predicted octanol–water partition coefficient (Wildman–Crippen LogP) is 10.5. The molecule has 4 N–H and O–H groups in total. The van der Waals surface area contributed by atoms with Gasteiger partial charge in [-0.3, -0.25) is 4.79 Å². The maximum Gasteiger partial charge on any atom is 0.249 e. The van der Waals surface area contributed by atoms with Gasteiger partial charge in [0.15, 0.2) is 0 Å². The minimum atomic E-state index is -1.09. The van der Waals surface area contributed by atoms with Crippen molar-refractivity contribution >= 4 is 5.91 Å². The Morgan fingerprint density at radius 2 is 0.886 bits per heavy atom. The molecule has 1 amide bonds. The number of hydrogen-bond acceptors (Lipinski definition) is 4. The molecular weight excluding hydrogens is 546 g/mol. The first kappa shape index (κ1) is 43.1. The summed E-state index contributed by atoms with van der Waals surface area (Å²) in [4.78, 5) is 12.4. The summed E-state index contributed by atoms with van der Waals surface area (Å²) in [6, 6.07) is -0.790. The first-order valence-corrected chi connectivity index (χ1v) is 19.5. The molecule has 0 aromatic heterocycles. The second-order valence-electron chi connectivity index (χ2n) is 13.5. The Hall–Kier alpha value is -0.910. The van der Waals surface area contributed by atoms with Crippen LogP contribution in [0.3, 0.4) is 0 Å². The minimum absolute atomic E-state index is 0.360. The highest BCUT2D eigenvalue weighted by molar-refractivity contribution is 5.80. The highest BCUT2D eigenvalue weighted by Gasteiger charge is 2.22. The van der Waals surface area contributed by atoms with E-state index in [1.807, 2.05) is 6.08 Å². The van der Waals surface area contributed by atoms with Gasteiger partial charge in [0.1, 0.15) is 6.10 Å². The van der Waals surface area contributed by atoms with Gasteiger partial charge in [-0.1, -0.05) is 199 Å². The van der Waals surface area contributed by atoms with Crippen molar-refractivity contribution in [2.24, 2.45) is 0 Å². The van der Waals surface area contributed by atoms with Crippen molar-refractivity contribution in [3.8, 4) is 0 Å². The average molecular weight is 624 g/mol. The molecule has 0 aliphatic carbocycles. The molecule has 5 nitrogen and oxygen atoms in total. The fourth-order valence-corrected chi connectivity index (χ4v) is 6.01. The summed E-state index contributed by atoms with van der Waals surface area (Å²) in [5.41, 5.74) is 0. The molecule has 0 bridgehead atoms. The maximum absolute atomic E-state index is 12.4. The lowest BCUT2D eigenvalue weighted by Gasteiger charge is -2.21. The smallest absolute Gasteiger partial charge is 0.249 e. The van der Waals surface area contributed by atoms with Crippen LogP contribution in [0.1, 0.15) is 206 Å². The Morgan fingerprint density at radius 1 is 0.545 bits per heavy atom. The van der Waals surface area contributed by atoms with E-state index in [2.05, 4.69) is 19.2 Å². The van der Waals surface area contributed by atoms with Gasteiger partial charge < -0.3 is 20.6 Å². The van der Waals surface area contributed by atoms with Crippen molar-refractivity contribution in [1.82, 2.24) is 5.32 Å². The Bertz CT molecular complexity index is 611. The number of aliphatic hydroxyl groups is 3. The lowest BCUT2D eigenvalue weighted by molar-refractivity contribution is -0.131. The van der Waals surface area contributed by atoms with Crippen molar-refractivity contribution in [3.63, 3.8) is 0 Å². The van der Waals surface area contributed by atoms with Crippen LogP contribution in [0, 0.1) is 0 Å². The molecule has 3 atom stereocenters. The topological polar surface area (TPSA) is 89.8 Å². The fraction of sp³-hybridized carbons (Fsp3) is 0.923. The highest BCUT2D eigenvalue weighted by Crippen LogP contribution is 2.15. The molecule has 5 heteroatoms. The van der Waals surface area contributed by atoms with E-state index >= 15 is 0 Å². The van der Waals surface area contributed by atoms with Gasteiger partial charge in [-0.15, -0.1) is 0 Å². The zero-order valence-electron chi connectivity index (χ0n) is 29.6. The van der Waals surface area contributed by atoms with Crippen molar-refractivity contribution in [1.29, 1.82) is 0 Å². The van der Waals surface area contributed by atoms with Crippen LogP contribution in [0.5, 0.6) is 0 Å².